The van der Waals surface area contributed by atoms with E-state index >= 15 is 0 Å². The van der Waals surface area contributed by atoms with Crippen molar-refractivity contribution in [3.63, 3.8) is 0 Å². The van der Waals surface area contributed by atoms with Crippen LogP contribution in [0.1, 0.15) is 13.8 Å². The average molecular weight is 316 g/mol. The van der Waals surface area contributed by atoms with Gasteiger partial charge in [-0.1, -0.05) is 6.58 Å². The zero-order chi connectivity index (χ0) is 17.7. The Bertz CT molecular complexity index is 250. The Morgan fingerprint density at radius 2 is 1.24 bits per heavy atom. The number of ether oxygens (including phenoxy) is 4. The lowest BCUT2D eigenvalue weighted by Gasteiger charge is -1.98. The van der Waals surface area contributed by atoms with Crippen molar-refractivity contribution in [3.8, 4) is 0 Å². The van der Waals surface area contributed by atoms with Gasteiger partial charge in [0.05, 0.1) is 33.8 Å². The molecule has 21 heavy (non-hydrogen) atoms. The van der Waals surface area contributed by atoms with Crippen molar-refractivity contribution in [2.45, 2.75) is 13.8 Å². The largest absolute Gasteiger partial charge is 0.508 e. The second-order valence-corrected chi connectivity index (χ2v) is 2.21. The van der Waals surface area contributed by atoms with Crippen LogP contribution in [-0.2, 0) is 18.9 Å². The summed E-state index contributed by atoms with van der Waals surface area (Å²) < 4.78 is 27.0. The lowest BCUT2D eigenvalue weighted by Crippen LogP contribution is -2.05. The normalized spacial score (nSPS) is 6.90. The minimum atomic E-state index is -1.83. The Morgan fingerprint density at radius 1 is 1.00 bits per heavy atom. The SMILES string of the molecule is C=CF.CCOC(=O)OCC.COC(=O)OC.O=C(O)O. The number of hydrogen-bond acceptors (Lipinski definition) is 7. The van der Waals surface area contributed by atoms with E-state index in [1.165, 1.54) is 14.2 Å². The monoisotopic (exact) mass is 316 g/mol. The molecule has 0 fully saturated rings. The summed E-state index contributed by atoms with van der Waals surface area (Å²) >= 11 is 0. The molecule has 0 heterocycles. The van der Waals surface area contributed by atoms with Crippen LogP contribution < -0.4 is 0 Å². The van der Waals surface area contributed by atoms with Crippen molar-refractivity contribution in [2.75, 3.05) is 27.4 Å². The first kappa shape index (κ1) is 26.9. The number of methoxy groups -OCH3 is 2. The third-order valence-electron chi connectivity index (χ3n) is 0.858. The first-order chi connectivity index (χ1) is 9.76. The Morgan fingerprint density at radius 3 is 1.33 bits per heavy atom. The molecule has 0 aliphatic carbocycles. The van der Waals surface area contributed by atoms with Crippen LogP contribution in [0.5, 0.6) is 0 Å². The number of carboxylic acid groups (broad SMARTS) is 2. The van der Waals surface area contributed by atoms with Crippen LogP contribution in [0.15, 0.2) is 12.9 Å². The zero-order valence-corrected chi connectivity index (χ0v) is 12.3. The number of halogens is 1. The molecule has 0 aromatic heterocycles. The van der Waals surface area contributed by atoms with Gasteiger partial charge in [-0.3, -0.25) is 0 Å². The summed E-state index contributed by atoms with van der Waals surface area (Å²) in [5.41, 5.74) is 0. The van der Waals surface area contributed by atoms with Gasteiger partial charge in [-0.25, -0.2) is 18.8 Å². The van der Waals surface area contributed by atoms with Gasteiger partial charge in [-0.2, -0.15) is 0 Å². The van der Waals surface area contributed by atoms with E-state index in [1.807, 2.05) is 0 Å². The fraction of sp³-hybridized carbons (Fsp3) is 0.545. The second kappa shape index (κ2) is 26.1. The summed E-state index contributed by atoms with van der Waals surface area (Å²) in [5.74, 6) is 0. The molecule has 0 aliphatic rings. The quantitative estimate of drug-likeness (QED) is 0.738. The van der Waals surface area contributed by atoms with E-state index in [2.05, 4.69) is 25.5 Å². The van der Waals surface area contributed by atoms with Crippen LogP contribution in [0, 0.1) is 0 Å². The lowest BCUT2D eigenvalue weighted by atomic mass is 10.8. The van der Waals surface area contributed by atoms with Crippen molar-refractivity contribution in [1.82, 2.24) is 0 Å². The molecule has 2 N–H and O–H groups in total. The van der Waals surface area contributed by atoms with E-state index in [1.54, 1.807) is 13.8 Å². The molecular weight excluding hydrogens is 295 g/mol. The maximum Gasteiger partial charge on any atom is 0.508 e. The molecule has 0 bridgehead atoms. The standard InChI is InChI=1S/C5H10O3.C3H6O3.C2H3F.CH2O3/c1-3-7-5(6)8-4-2;1-5-3(4)6-2;1-2-3;2-1(3)4/h3-4H2,1-2H3;1-2H3;2H,1H2;(H2,2,3,4). The molecule has 0 unspecified atom stereocenters. The van der Waals surface area contributed by atoms with Gasteiger partial charge in [0, 0.05) is 0 Å². The van der Waals surface area contributed by atoms with Crippen LogP contribution >= 0.6 is 0 Å². The molecule has 0 saturated heterocycles. The Labute approximate surface area is 121 Å². The van der Waals surface area contributed by atoms with E-state index in [0.717, 1.165) is 0 Å². The van der Waals surface area contributed by atoms with Gasteiger partial charge in [0.2, 0.25) is 0 Å². The highest BCUT2D eigenvalue weighted by Gasteiger charge is 1.96. The molecule has 0 atom stereocenters. The first-order valence-electron chi connectivity index (χ1n) is 5.31. The number of hydrogen-bond donors (Lipinski definition) is 2. The Hall–Kier alpha value is -2.52. The van der Waals surface area contributed by atoms with Crippen LogP contribution in [0.25, 0.3) is 0 Å². The lowest BCUT2D eigenvalue weighted by molar-refractivity contribution is 0.0630. The smallest absolute Gasteiger partial charge is 0.450 e. The molecule has 10 heteroatoms. The molecule has 0 aromatic rings. The maximum atomic E-state index is 10.2. The highest BCUT2D eigenvalue weighted by atomic mass is 19.1. The third kappa shape index (κ3) is 74.9. The third-order valence-corrected chi connectivity index (χ3v) is 0.858. The minimum absolute atomic E-state index is 0.250. The summed E-state index contributed by atoms with van der Waals surface area (Å²) in [7, 11) is 2.51. The van der Waals surface area contributed by atoms with Crippen molar-refractivity contribution in [1.29, 1.82) is 0 Å². The summed E-state index contributed by atoms with van der Waals surface area (Å²) in [6, 6.07) is 0. The van der Waals surface area contributed by atoms with Gasteiger partial charge in [0.15, 0.2) is 0 Å². The Balaban J connectivity index is -0.0000000985. The summed E-state index contributed by atoms with van der Waals surface area (Å²) in [5, 5.41) is 13.9. The molecule has 0 radical (unpaired) electrons. The molecular formula is C11H21FO9. The molecule has 0 aliphatic heterocycles. The second-order valence-electron chi connectivity index (χ2n) is 2.21. The van der Waals surface area contributed by atoms with Crippen LogP contribution in [0.3, 0.4) is 0 Å². The molecule has 0 rings (SSSR count). The molecule has 126 valence electrons. The highest BCUT2D eigenvalue weighted by Crippen LogP contribution is 1.81. The van der Waals surface area contributed by atoms with Gasteiger partial charge < -0.3 is 29.2 Å². The first-order valence-corrected chi connectivity index (χ1v) is 5.31. The van der Waals surface area contributed by atoms with Crippen molar-refractivity contribution >= 4 is 18.5 Å². The van der Waals surface area contributed by atoms with Crippen LogP contribution in [0.4, 0.5) is 18.8 Å². The van der Waals surface area contributed by atoms with Gasteiger partial charge in [-0.15, -0.1) is 0 Å². The molecule has 9 nitrogen and oxygen atoms in total. The number of rotatable bonds is 2. The van der Waals surface area contributed by atoms with E-state index in [0.29, 0.717) is 13.2 Å². The van der Waals surface area contributed by atoms with E-state index < -0.39 is 18.5 Å². The highest BCUT2D eigenvalue weighted by molar-refractivity contribution is 5.59. The Kier molecular flexibility index (Phi) is 33.5. The molecule has 0 amide bonds. The predicted octanol–water partition coefficient (Wildman–Crippen LogP) is 2.90. The predicted molar refractivity (Wildman–Crippen MR) is 70.0 cm³/mol. The van der Waals surface area contributed by atoms with Gasteiger partial charge in [0.1, 0.15) is 0 Å². The van der Waals surface area contributed by atoms with E-state index in [4.69, 9.17) is 15.0 Å². The van der Waals surface area contributed by atoms with Gasteiger partial charge >= 0.3 is 18.5 Å². The maximum absolute atomic E-state index is 10.2. The number of carbonyl (C=O) groups is 3. The van der Waals surface area contributed by atoms with Crippen molar-refractivity contribution < 1.29 is 47.9 Å². The zero-order valence-electron chi connectivity index (χ0n) is 12.3. The minimum Gasteiger partial charge on any atom is -0.450 e. The van der Waals surface area contributed by atoms with Crippen molar-refractivity contribution in [2.24, 2.45) is 0 Å². The van der Waals surface area contributed by atoms with Crippen LogP contribution in [0.2, 0.25) is 0 Å². The molecule has 0 saturated carbocycles. The summed E-state index contributed by atoms with van der Waals surface area (Å²) in [6.45, 7) is 6.91. The van der Waals surface area contributed by atoms with Crippen LogP contribution in [-0.4, -0.2) is 56.1 Å². The van der Waals surface area contributed by atoms with E-state index in [-0.39, 0.29) is 6.33 Å². The summed E-state index contributed by atoms with van der Waals surface area (Å²) in [4.78, 5) is 28.5. The molecule has 0 aromatic carbocycles. The fourth-order valence-corrected chi connectivity index (χ4v) is 0.361. The van der Waals surface area contributed by atoms with Gasteiger partial charge in [0.25, 0.3) is 0 Å². The summed E-state index contributed by atoms with van der Waals surface area (Å²) in [6.07, 6.45) is -2.83. The molecule has 0 spiro atoms. The van der Waals surface area contributed by atoms with Gasteiger partial charge in [-0.05, 0) is 13.8 Å². The number of carbonyl (C=O) groups excluding carboxylic acids is 2. The average Bonchev–Trinajstić information content (AvgIpc) is 2.39. The van der Waals surface area contributed by atoms with E-state index in [9.17, 15) is 14.0 Å². The topological polar surface area (TPSA) is 129 Å². The fourth-order valence-electron chi connectivity index (χ4n) is 0.361. The van der Waals surface area contributed by atoms with Crippen molar-refractivity contribution in [3.05, 3.63) is 12.9 Å².